The molecule has 0 fully saturated rings. The molecule has 2 atom stereocenters. The maximum Gasteiger partial charge on any atom is 0.241 e. The predicted octanol–water partition coefficient (Wildman–Crippen LogP) is 2.46. The second-order valence-corrected chi connectivity index (χ2v) is 6.59. The van der Waals surface area contributed by atoms with Gasteiger partial charge in [0.25, 0.3) is 0 Å². The molecule has 1 aromatic rings. The zero-order valence-corrected chi connectivity index (χ0v) is 14.9. The Morgan fingerprint density at radius 2 is 2.13 bits per heavy atom. The van der Waals surface area contributed by atoms with Crippen LogP contribution in [0.5, 0.6) is 0 Å². The summed E-state index contributed by atoms with van der Waals surface area (Å²) in [7, 11) is 0. The van der Waals surface area contributed by atoms with Crippen molar-refractivity contribution in [3.63, 3.8) is 0 Å². The molecule has 2 rings (SSSR count). The van der Waals surface area contributed by atoms with Crippen molar-refractivity contribution in [1.29, 1.82) is 0 Å². The highest BCUT2D eigenvalue weighted by Crippen LogP contribution is 2.23. The largest absolute Gasteiger partial charge is 0.396 e. The lowest BCUT2D eigenvalue weighted by atomic mass is 9.92. The number of aliphatic hydroxyl groups is 1. The second kappa shape index (κ2) is 9.91. The normalized spacial score (nSPS) is 18.0. The molecule has 0 aromatic heterocycles. The number of amides is 1. The molecule has 0 radical (unpaired) electrons. The van der Waals surface area contributed by atoms with E-state index in [0.29, 0.717) is 18.4 Å². The van der Waals surface area contributed by atoms with Gasteiger partial charge in [-0.05, 0) is 42.2 Å². The lowest BCUT2D eigenvalue weighted by molar-refractivity contribution is -0.123. The first kappa shape index (κ1) is 19.9. The lowest BCUT2D eigenvalue weighted by Crippen LogP contribution is -2.43. The molecule has 1 aromatic carbocycles. The van der Waals surface area contributed by atoms with E-state index in [0.717, 1.165) is 31.4 Å². The molecule has 1 aliphatic rings. The van der Waals surface area contributed by atoms with Crippen LogP contribution < -0.4 is 10.6 Å². The van der Waals surface area contributed by atoms with E-state index >= 15 is 0 Å². The minimum absolute atomic E-state index is 0. The summed E-state index contributed by atoms with van der Waals surface area (Å²) in [5.41, 5.74) is 2.35. The fourth-order valence-electron chi connectivity index (χ4n) is 3.24. The van der Waals surface area contributed by atoms with Crippen LogP contribution in [0.1, 0.15) is 43.9 Å². The van der Waals surface area contributed by atoms with Crippen molar-refractivity contribution in [2.24, 2.45) is 11.8 Å². The summed E-state index contributed by atoms with van der Waals surface area (Å²) in [4.78, 5) is 12.5. The van der Waals surface area contributed by atoms with Crippen LogP contribution in [-0.2, 0) is 11.2 Å². The van der Waals surface area contributed by atoms with Gasteiger partial charge in [0, 0.05) is 19.7 Å². The number of hydrogen-bond donors (Lipinski definition) is 3. The van der Waals surface area contributed by atoms with Gasteiger partial charge < -0.3 is 15.7 Å². The Bertz CT molecular complexity index is 494. The minimum atomic E-state index is -0.251. The standard InChI is InChI=1S/C18H28N2O2.ClH/c1-13(2)11-14(8-10-21)12-20-18(22)17-16-6-4-3-5-15(16)7-9-19-17;/h3-6,13-14,17,19,21H,7-12H2,1-2H3,(H,20,22);1H. The van der Waals surface area contributed by atoms with E-state index in [-0.39, 0.29) is 31.0 Å². The maximum absolute atomic E-state index is 12.5. The Morgan fingerprint density at radius 3 is 2.83 bits per heavy atom. The van der Waals surface area contributed by atoms with Crippen LogP contribution in [-0.4, -0.2) is 30.7 Å². The Labute approximate surface area is 145 Å². The second-order valence-electron chi connectivity index (χ2n) is 6.59. The van der Waals surface area contributed by atoms with E-state index in [1.165, 1.54) is 5.56 Å². The summed E-state index contributed by atoms with van der Waals surface area (Å²) in [5, 5.41) is 15.5. The quantitative estimate of drug-likeness (QED) is 0.714. The predicted molar refractivity (Wildman–Crippen MR) is 95.8 cm³/mol. The molecule has 0 saturated heterocycles. The first-order valence-corrected chi connectivity index (χ1v) is 8.31. The number of fused-ring (bicyclic) bond motifs is 1. The Morgan fingerprint density at radius 1 is 1.39 bits per heavy atom. The van der Waals surface area contributed by atoms with Gasteiger partial charge in [0.1, 0.15) is 6.04 Å². The SMILES string of the molecule is CC(C)CC(CCO)CNC(=O)C1NCCc2ccccc21.Cl. The molecule has 1 heterocycles. The summed E-state index contributed by atoms with van der Waals surface area (Å²) in [6, 6.07) is 7.90. The monoisotopic (exact) mass is 340 g/mol. The molecule has 0 bridgehead atoms. The highest BCUT2D eigenvalue weighted by atomic mass is 35.5. The fraction of sp³-hybridized carbons (Fsp3) is 0.611. The van der Waals surface area contributed by atoms with Crippen LogP contribution in [0.2, 0.25) is 0 Å². The summed E-state index contributed by atoms with van der Waals surface area (Å²) in [6.07, 6.45) is 2.74. The molecule has 2 unspecified atom stereocenters. The van der Waals surface area contributed by atoms with Crippen LogP contribution in [0.15, 0.2) is 24.3 Å². The molecule has 0 saturated carbocycles. The number of hydrogen-bond acceptors (Lipinski definition) is 3. The summed E-state index contributed by atoms with van der Waals surface area (Å²) < 4.78 is 0. The zero-order chi connectivity index (χ0) is 15.9. The minimum Gasteiger partial charge on any atom is -0.396 e. The van der Waals surface area contributed by atoms with Crippen LogP contribution in [0.25, 0.3) is 0 Å². The van der Waals surface area contributed by atoms with E-state index < -0.39 is 0 Å². The molecule has 0 spiro atoms. The molecule has 130 valence electrons. The van der Waals surface area contributed by atoms with Gasteiger partial charge in [0.2, 0.25) is 5.91 Å². The van der Waals surface area contributed by atoms with Crippen molar-refractivity contribution in [3.8, 4) is 0 Å². The fourth-order valence-corrected chi connectivity index (χ4v) is 3.24. The Balaban J connectivity index is 0.00000264. The molecular formula is C18H29ClN2O2. The third-order valence-electron chi connectivity index (χ3n) is 4.28. The Hall–Kier alpha value is -1.10. The van der Waals surface area contributed by atoms with Gasteiger partial charge in [-0.1, -0.05) is 38.1 Å². The van der Waals surface area contributed by atoms with Gasteiger partial charge in [-0.2, -0.15) is 0 Å². The molecule has 1 aliphatic heterocycles. The van der Waals surface area contributed by atoms with Crippen LogP contribution in [0.4, 0.5) is 0 Å². The average molecular weight is 341 g/mol. The summed E-state index contributed by atoms with van der Waals surface area (Å²) in [6.45, 7) is 5.99. The number of halogens is 1. The molecule has 5 heteroatoms. The van der Waals surface area contributed by atoms with Crippen molar-refractivity contribution < 1.29 is 9.90 Å². The maximum atomic E-state index is 12.5. The van der Waals surface area contributed by atoms with E-state index in [1.54, 1.807) is 0 Å². The third-order valence-corrected chi connectivity index (χ3v) is 4.28. The number of nitrogens with one attached hydrogen (secondary N) is 2. The summed E-state index contributed by atoms with van der Waals surface area (Å²) in [5.74, 6) is 0.952. The smallest absolute Gasteiger partial charge is 0.241 e. The van der Waals surface area contributed by atoms with Gasteiger partial charge in [0.05, 0.1) is 0 Å². The number of carbonyl (C=O) groups excluding carboxylic acids is 1. The highest BCUT2D eigenvalue weighted by Gasteiger charge is 2.26. The molecule has 1 amide bonds. The number of benzene rings is 1. The van der Waals surface area contributed by atoms with Crippen molar-refractivity contribution in [2.45, 2.75) is 39.2 Å². The molecular weight excluding hydrogens is 312 g/mol. The van der Waals surface area contributed by atoms with E-state index in [2.05, 4.69) is 30.5 Å². The van der Waals surface area contributed by atoms with Gasteiger partial charge in [0.15, 0.2) is 0 Å². The topological polar surface area (TPSA) is 61.4 Å². The van der Waals surface area contributed by atoms with Crippen molar-refractivity contribution >= 4 is 18.3 Å². The van der Waals surface area contributed by atoms with Gasteiger partial charge in [-0.3, -0.25) is 4.79 Å². The van der Waals surface area contributed by atoms with E-state index in [4.69, 9.17) is 5.11 Å². The molecule has 23 heavy (non-hydrogen) atoms. The van der Waals surface area contributed by atoms with E-state index in [1.807, 2.05) is 18.2 Å². The van der Waals surface area contributed by atoms with E-state index in [9.17, 15) is 4.79 Å². The number of rotatable bonds is 7. The number of carbonyl (C=O) groups is 1. The lowest BCUT2D eigenvalue weighted by Gasteiger charge is -2.27. The molecule has 3 N–H and O–H groups in total. The molecule has 4 nitrogen and oxygen atoms in total. The van der Waals surface area contributed by atoms with Gasteiger partial charge in [-0.15, -0.1) is 12.4 Å². The number of aliphatic hydroxyl groups excluding tert-OH is 1. The first-order chi connectivity index (χ1) is 10.6. The van der Waals surface area contributed by atoms with Gasteiger partial charge in [-0.25, -0.2) is 0 Å². The van der Waals surface area contributed by atoms with Gasteiger partial charge >= 0.3 is 0 Å². The van der Waals surface area contributed by atoms with Crippen molar-refractivity contribution in [1.82, 2.24) is 10.6 Å². The van der Waals surface area contributed by atoms with Crippen LogP contribution >= 0.6 is 12.4 Å². The van der Waals surface area contributed by atoms with Crippen LogP contribution in [0, 0.1) is 11.8 Å². The third kappa shape index (κ3) is 5.79. The Kier molecular flexibility index (Phi) is 8.59. The highest BCUT2D eigenvalue weighted by molar-refractivity contribution is 5.85. The van der Waals surface area contributed by atoms with Crippen molar-refractivity contribution in [3.05, 3.63) is 35.4 Å². The first-order valence-electron chi connectivity index (χ1n) is 8.31. The van der Waals surface area contributed by atoms with Crippen molar-refractivity contribution in [2.75, 3.05) is 19.7 Å². The zero-order valence-electron chi connectivity index (χ0n) is 14.0. The summed E-state index contributed by atoms with van der Waals surface area (Å²) >= 11 is 0. The average Bonchev–Trinajstić information content (AvgIpc) is 2.51. The van der Waals surface area contributed by atoms with Crippen LogP contribution in [0.3, 0.4) is 0 Å². The molecule has 0 aliphatic carbocycles.